The van der Waals surface area contributed by atoms with Crippen molar-refractivity contribution in [1.29, 1.82) is 0 Å². The summed E-state index contributed by atoms with van der Waals surface area (Å²) in [5, 5.41) is 0. The van der Waals surface area contributed by atoms with E-state index in [-0.39, 0.29) is 5.91 Å². The van der Waals surface area contributed by atoms with Gasteiger partial charge in [-0.25, -0.2) is 0 Å². The number of hydrogen-bond donors (Lipinski definition) is 1. The van der Waals surface area contributed by atoms with Gasteiger partial charge in [0.25, 0.3) is 0 Å². The summed E-state index contributed by atoms with van der Waals surface area (Å²) in [6.07, 6.45) is 1.01. The lowest BCUT2D eigenvalue weighted by molar-refractivity contribution is -0.121. The van der Waals surface area contributed by atoms with Gasteiger partial charge in [-0.3, -0.25) is 9.69 Å². The van der Waals surface area contributed by atoms with E-state index in [1.807, 2.05) is 84.9 Å². The van der Waals surface area contributed by atoms with Gasteiger partial charge in [-0.05, 0) is 17.2 Å². The zero-order valence-corrected chi connectivity index (χ0v) is 14.4. The lowest BCUT2D eigenvalue weighted by Gasteiger charge is -2.31. The van der Waals surface area contributed by atoms with E-state index in [9.17, 15) is 4.79 Å². The second kappa shape index (κ2) is 6.28. The third kappa shape index (κ3) is 2.14. The number of carbonyl (C=O) groups is 1. The molecule has 3 aromatic carbocycles. The molecule has 0 spiro atoms. The van der Waals surface area contributed by atoms with E-state index in [1.54, 1.807) is 11.0 Å². The van der Waals surface area contributed by atoms with Crippen LogP contribution in [-0.2, 0) is 10.2 Å². The molecule has 0 bridgehead atoms. The Bertz CT molecular complexity index is 911. The number of amides is 1. The van der Waals surface area contributed by atoms with Gasteiger partial charge in [-0.15, -0.1) is 0 Å². The maximum atomic E-state index is 13.9. The first-order valence-electron chi connectivity index (χ1n) is 8.63. The predicted molar refractivity (Wildman–Crippen MR) is 105 cm³/mol. The molecule has 1 atom stereocenters. The van der Waals surface area contributed by atoms with Crippen LogP contribution in [0.3, 0.4) is 0 Å². The Balaban J connectivity index is 2.10. The fourth-order valence-electron chi connectivity index (χ4n) is 3.91. The van der Waals surface area contributed by atoms with Crippen LogP contribution in [0.4, 0.5) is 5.69 Å². The lowest BCUT2D eigenvalue weighted by Crippen LogP contribution is -2.49. The summed E-state index contributed by atoms with van der Waals surface area (Å²) in [4.78, 5) is 15.5. The molecule has 2 N–H and O–H groups in total. The SMILES string of the molecule is C=CC(N)N1C(=O)C(c2ccccc2)(c2ccccc2)c2ccccc21. The Kier molecular flexibility index (Phi) is 3.94. The van der Waals surface area contributed by atoms with Crippen LogP contribution in [0, 0.1) is 0 Å². The van der Waals surface area contributed by atoms with Crippen LogP contribution >= 0.6 is 0 Å². The molecule has 1 heterocycles. The molecule has 1 aliphatic heterocycles. The molecule has 1 amide bonds. The molecule has 1 unspecified atom stereocenters. The molecule has 0 radical (unpaired) electrons. The Hall–Kier alpha value is -3.17. The fraction of sp³-hybridized carbons (Fsp3) is 0.0870. The maximum Gasteiger partial charge on any atom is 0.248 e. The number of para-hydroxylation sites is 1. The fourth-order valence-corrected chi connectivity index (χ4v) is 3.91. The van der Waals surface area contributed by atoms with Crippen LogP contribution < -0.4 is 10.6 Å². The molecule has 0 fully saturated rings. The minimum Gasteiger partial charge on any atom is -0.308 e. The molecular formula is C23H20N2O. The summed E-state index contributed by atoms with van der Waals surface area (Å²) >= 11 is 0. The smallest absolute Gasteiger partial charge is 0.248 e. The average molecular weight is 340 g/mol. The second-order valence-corrected chi connectivity index (χ2v) is 6.40. The molecule has 1 aliphatic rings. The molecule has 4 rings (SSSR count). The van der Waals surface area contributed by atoms with E-state index >= 15 is 0 Å². The van der Waals surface area contributed by atoms with Crippen molar-refractivity contribution in [2.45, 2.75) is 11.6 Å². The molecule has 3 nitrogen and oxygen atoms in total. The predicted octanol–water partition coefficient (Wildman–Crippen LogP) is 3.84. The van der Waals surface area contributed by atoms with E-state index in [0.29, 0.717) is 0 Å². The van der Waals surface area contributed by atoms with Crippen molar-refractivity contribution >= 4 is 11.6 Å². The number of nitrogens with zero attached hydrogens (tertiary/aromatic N) is 1. The first kappa shape index (κ1) is 16.3. The number of nitrogens with two attached hydrogens (primary N) is 1. The molecule has 3 heteroatoms. The minimum absolute atomic E-state index is 0.0523. The third-order valence-electron chi connectivity index (χ3n) is 5.06. The monoisotopic (exact) mass is 340 g/mol. The van der Waals surface area contributed by atoms with Crippen LogP contribution in [0.1, 0.15) is 16.7 Å². The maximum absolute atomic E-state index is 13.9. The molecule has 3 aromatic rings. The zero-order valence-electron chi connectivity index (χ0n) is 14.4. The summed E-state index contributed by atoms with van der Waals surface area (Å²) in [5.74, 6) is -0.0523. The Morgan fingerprint density at radius 2 is 1.35 bits per heavy atom. The van der Waals surface area contributed by atoms with Crippen LogP contribution in [0.2, 0.25) is 0 Å². The summed E-state index contributed by atoms with van der Waals surface area (Å²) in [6, 6.07) is 27.7. The number of hydrogen-bond acceptors (Lipinski definition) is 2. The topological polar surface area (TPSA) is 46.3 Å². The molecule has 0 saturated carbocycles. The summed E-state index contributed by atoms with van der Waals surface area (Å²) < 4.78 is 0. The summed E-state index contributed by atoms with van der Waals surface area (Å²) in [7, 11) is 0. The zero-order chi connectivity index (χ0) is 18.1. The summed E-state index contributed by atoms with van der Waals surface area (Å²) in [5.41, 5.74) is 8.97. The van der Waals surface area contributed by atoms with Gasteiger partial charge in [-0.2, -0.15) is 0 Å². The number of benzene rings is 3. The van der Waals surface area contributed by atoms with Gasteiger partial charge in [0.15, 0.2) is 0 Å². The van der Waals surface area contributed by atoms with Crippen molar-refractivity contribution in [2.75, 3.05) is 4.90 Å². The Labute approximate surface area is 153 Å². The van der Waals surface area contributed by atoms with Gasteiger partial charge in [0.05, 0.1) is 5.69 Å². The van der Waals surface area contributed by atoms with Crippen LogP contribution in [0.25, 0.3) is 0 Å². The van der Waals surface area contributed by atoms with E-state index in [4.69, 9.17) is 5.73 Å². The Morgan fingerprint density at radius 1 is 0.846 bits per heavy atom. The highest BCUT2D eigenvalue weighted by atomic mass is 16.2. The van der Waals surface area contributed by atoms with E-state index in [1.165, 1.54) is 0 Å². The van der Waals surface area contributed by atoms with Crippen LogP contribution in [0.15, 0.2) is 97.6 Å². The van der Waals surface area contributed by atoms with Gasteiger partial charge in [0, 0.05) is 5.56 Å². The van der Waals surface area contributed by atoms with E-state index in [2.05, 4.69) is 6.58 Å². The highest BCUT2D eigenvalue weighted by molar-refractivity contribution is 6.13. The van der Waals surface area contributed by atoms with Gasteiger partial charge >= 0.3 is 0 Å². The highest BCUT2D eigenvalue weighted by Gasteiger charge is 2.54. The van der Waals surface area contributed by atoms with Crippen molar-refractivity contribution in [3.8, 4) is 0 Å². The first-order chi connectivity index (χ1) is 12.7. The van der Waals surface area contributed by atoms with Crippen molar-refractivity contribution in [3.63, 3.8) is 0 Å². The molecule has 0 saturated heterocycles. The normalized spacial score (nSPS) is 16.2. The third-order valence-corrected chi connectivity index (χ3v) is 5.06. The van der Waals surface area contributed by atoms with Crippen LogP contribution in [0.5, 0.6) is 0 Å². The minimum atomic E-state index is -0.917. The second-order valence-electron chi connectivity index (χ2n) is 6.40. The number of rotatable bonds is 4. The molecule has 26 heavy (non-hydrogen) atoms. The lowest BCUT2D eigenvalue weighted by atomic mass is 9.70. The van der Waals surface area contributed by atoms with Crippen LogP contribution in [-0.4, -0.2) is 12.1 Å². The first-order valence-corrected chi connectivity index (χ1v) is 8.63. The molecular weight excluding hydrogens is 320 g/mol. The van der Waals surface area contributed by atoms with Crippen molar-refractivity contribution < 1.29 is 4.79 Å². The van der Waals surface area contributed by atoms with Gasteiger partial charge in [0.1, 0.15) is 11.6 Å². The van der Waals surface area contributed by atoms with E-state index < -0.39 is 11.6 Å². The quantitative estimate of drug-likeness (QED) is 0.734. The molecule has 128 valence electrons. The largest absolute Gasteiger partial charge is 0.308 e. The van der Waals surface area contributed by atoms with Crippen molar-refractivity contribution in [2.24, 2.45) is 5.73 Å². The van der Waals surface area contributed by atoms with Crippen molar-refractivity contribution in [3.05, 3.63) is 114 Å². The van der Waals surface area contributed by atoms with Crippen molar-refractivity contribution in [1.82, 2.24) is 0 Å². The Morgan fingerprint density at radius 3 is 1.88 bits per heavy atom. The number of fused-ring (bicyclic) bond motifs is 1. The standard InChI is InChI=1S/C23H20N2O/c1-2-21(24)25-20-16-10-9-15-19(20)23(22(25)26,17-11-5-3-6-12-17)18-13-7-4-8-14-18/h2-16,21H,1,24H2. The molecule has 0 aromatic heterocycles. The van der Waals surface area contributed by atoms with E-state index in [0.717, 1.165) is 22.4 Å². The average Bonchev–Trinajstić information content (AvgIpc) is 2.98. The van der Waals surface area contributed by atoms with Gasteiger partial charge < -0.3 is 5.73 Å². The summed E-state index contributed by atoms with van der Waals surface area (Å²) in [6.45, 7) is 3.79. The number of anilines is 1. The number of carbonyl (C=O) groups excluding carboxylic acids is 1. The van der Waals surface area contributed by atoms with Gasteiger partial charge in [-0.1, -0.05) is 91.5 Å². The highest BCUT2D eigenvalue weighted by Crippen LogP contribution is 2.50. The van der Waals surface area contributed by atoms with Gasteiger partial charge in [0.2, 0.25) is 5.91 Å². The molecule has 0 aliphatic carbocycles.